The van der Waals surface area contributed by atoms with Crippen molar-refractivity contribution >= 4 is 21.8 Å². The lowest BCUT2D eigenvalue weighted by Gasteiger charge is -2.18. The Morgan fingerprint density at radius 1 is 1.15 bits per heavy atom. The van der Waals surface area contributed by atoms with E-state index in [-0.39, 0.29) is 28.3 Å². The van der Waals surface area contributed by atoms with E-state index in [1.54, 1.807) is 19.1 Å². The molecule has 0 fully saturated rings. The van der Waals surface area contributed by atoms with Crippen molar-refractivity contribution in [2.24, 2.45) is 0 Å². The van der Waals surface area contributed by atoms with Crippen LogP contribution < -0.4 is 15.6 Å². The van der Waals surface area contributed by atoms with Crippen LogP contribution in [0.2, 0.25) is 0 Å². The second-order valence-electron chi connectivity index (χ2n) is 7.76. The van der Waals surface area contributed by atoms with Gasteiger partial charge in [-0.1, -0.05) is 19.4 Å². The number of aromatic amines is 1. The molecule has 33 heavy (non-hydrogen) atoms. The molecule has 0 aliphatic carbocycles. The minimum Gasteiger partial charge on any atom is -0.487 e. The van der Waals surface area contributed by atoms with Crippen LogP contribution in [0.5, 0.6) is 5.75 Å². The molecule has 2 N–H and O–H groups in total. The summed E-state index contributed by atoms with van der Waals surface area (Å²) in [6, 6.07) is 8.53. The van der Waals surface area contributed by atoms with Crippen molar-refractivity contribution in [1.82, 2.24) is 10.3 Å². The minimum absolute atomic E-state index is 0.142. The lowest BCUT2D eigenvalue weighted by molar-refractivity contribution is 0.0953. The molecule has 1 aromatic heterocycles. The molecule has 174 valence electrons. The predicted octanol–water partition coefficient (Wildman–Crippen LogP) is 5.81. The number of H-pyrrole nitrogens is 1. The van der Waals surface area contributed by atoms with Crippen molar-refractivity contribution in [3.63, 3.8) is 0 Å². The van der Waals surface area contributed by atoms with Gasteiger partial charge in [0.2, 0.25) is 0 Å². The number of aromatic nitrogens is 1. The first-order valence-electron chi connectivity index (χ1n) is 10.6. The number of halogens is 3. The van der Waals surface area contributed by atoms with Gasteiger partial charge < -0.3 is 15.0 Å². The highest BCUT2D eigenvalue weighted by Gasteiger charge is 2.21. The molecule has 0 bridgehead atoms. The van der Waals surface area contributed by atoms with Crippen LogP contribution in [0.4, 0.5) is 8.78 Å². The first-order valence-corrected chi connectivity index (χ1v) is 11.4. The minimum atomic E-state index is -0.740. The number of ether oxygens (including phenoxy) is 1. The van der Waals surface area contributed by atoms with Crippen molar-refractivity contribution in [2.45, 2.75) is 40.2 Å². The fraction of sp³-hybridized carbons (Fsp3) is 0.280. The average Bonchev–Trinajstić information content (AvgIpc) is 2.77. The maximum absolute atomic E-state index is 14.1. The zero-order valence-electron chi connectivity index (χ0n) is 18.7. The van der Waals surface area contributed by atoms with Crippen LogP contribution in [0.1, 0.15) is 46.9 Å². The third kappa shape index (κ3) is 5.68. The molecule has 0 unspecified atom stereocenters. The Morgan fingerprint density at radius 2 is 1.91 bits per heavy atom. The van der Waals surface area contributed by atoms with Gasteiger partial charge in [-0.25, -0.2) is 8.78 Å². The van der Waals surface area contributed by atoms with Gasteiger partial charge in [-0.3, -0.25) is 9.59 Å². The van der Waals surface area contributed by atoms with Crippen LogP contribution in [0.15, 0.2) is 45.7 Å². The van der Waals surface area contributed by atoms with Crippen LogP contribution >= 0.6 is 15.9 Å². The van der Waals surface area contributed by atoms with Crippen LogP contribution in [0.25, 0.3) is 11.1 Å². The number of pyridine rings is 1. The molecule has 0 saturated carbocycles. The molecule has 3 rings (SSSR count). The molecule has 5 nitrogen and oxygen atoms in total. The predicted molar refractivity (Wildman–Crippen MR) is 128 cm³/mol. The summed E-state index contributed by atoms with van der Waals surface area (Å²) < 4.78 is 33.4. The van der Waals surface area contributed by atoms with Gasteiger partial charge in [0.05, 0.1) is 0 Å². The summed E-state index contributed by atoms with van der Waals surface area (Å²) in [5.41, 5.74) is 2.88. The molecule has 0 spiro atoms. The van der Waals surface area contributed by atoms with Crippen molar-refractivity contribution in [3.05, 3.63) is 85.2 Å². The molecule has 0 aliphatic rings. The number of benzene rings is 2. The fourth-order valence-corrected chi connectivity index (χ4v) is 3.84. The summed E-state index contributed by atoms with van der Waals surface area (Å²) in [4.78, 5) is 27.8. The van der Waals surface area contributed by atoms with Crippen molar-refractivity contribution < 1.29 is 18.3 Å². The van der Waals surface area contributed by atoms with Crippen molar-refractivity contribution in [2.75, 3.05) is 6.54 Å². The fourth-order valence-electron chi connectivity index (χ4n) is 3.43. The Kier molecular flexibility index (Phi) is 8.02. The third-order valence-corrected chi connectivity index (χ3v) is 5.99. The van der Waals surface area contributed by atoms with Crippen LogP contribution in [0.3, 0.4) is 0 Å². The summed E-state index contributed by atoms with van der Waals surface area (Å²) in [5.74, 6) is -1.40. The number of amides is 1. The lowest BCUT2D eigenvalue weighted by atomic mass is 9.96. The summed E-state index contributed by atoms with van der Waals surface area (Å²) in [6.07, 6.45) is 1.85. The van der Waals surface area contributed by atoms with Crippen LogP contribution in [-0.4, -0.2) is 17.4 Å². The van der Waals surface area contributed by atoms with Gasteiger partial charge in [-0.2, -0.15) is 0 Å². The number of aryl methyl sites for hydroxylation is 2. The Bertz CT molecular complexity index is 1240. The Balaban J connectivity index is 2.04. The molecule has 0 atom stereocenters. The lowest BCUT2D eigenvalue weighted by Crippen LogP contribution is -2.24. The molecule has 8 heteroatoms. The number of carbonyl (C=O) groups is 1. The van der Waals surface area contributed by atoms with E-state index in [0.717, 1.165) is 30.5 Å². The Morgan fingerprint density at radius 3 is 2.61 bits per heavy atom. The van der Waals surface area contributed by atoms with E-state index in [9.17, 15) is 18.4 Å². The van der Waals surface area contributed by atoms with E-state index in [2.05, 4.69) is 26.2 Å². The smallest absolute Gasteiger partial charge is 0.266 e. The van der Waals surface area contributed by atoms with Gasteiger partial charge in [0.15, 0.2) is 0 Å². The van der Waals surface area contributed by atoms with Gasteiger partial charge in [0, 0.05) is 35.0 Å². The van der Waals surface area contributed by atoms with Crippen LogP contribution in [-0.2, 0) is 6.61 Å². The van der Waals surface area contributed by atoms with Crippen molar-refractivity contribution in [3.8, 4) is 16.9 Å². The number of carbonyl (C=O) groups excluding carboxylic acids is 1. The monoisotopic (exact) mass is 518 g/mol. The van der Waals surface area contributed by atoms with E-state index < -0.39 is 17.2 Å². The molecular weight excluding hydrogens is 494 g/mol. The van der Waals surface area contributed by atoms with Gasteiger partial charge in [-0.05, 0) is 71.6 Å². The van der Waals surface area contributed by atoms with E-state index >= 15 is 0 Å². The van der Waals surface area contributed by atoms with Gasteiger partial charge in [0.25, 0.3) is 11.5 Å². The van der Waals surface area contributed by atoms with E-state index in [0.29, 0.717) is 28.9 Å². The topological polar surface area (TPSA) is 71.2 Å². The number of unbranched alkanes of at least 4 members (excludes halogenated alkanes) is 1. The maximum Gasteiger partial charge on any atom is 0.266 e. The zero-order chi connectivity index (χ0) is 24.1. The normalized spacial score (nSPS) is 10.8. The molecule has 2 aromatic carbocycles. The zero-order valence-corrected chi connectivity index (χ0v) is 20.2. The number of nitrogens with one attached hydrogen (secondary N) is 2. The summed E-state index contributed by atoms with van der Waals surface area (Å²) in [5, 5.41) is 2.90. The standard InChI is InChI=1S/C25H25BrF2N2O3/c1-4-5-10-29-24(31)16-7-6-14(2)19(11-16)21-15(3)30-25(32)22(26)23(21)33-13-17-8-9-18(27)12-20(17)28/h6-9,11-12H,4-5,10,13H2,1-3H3,(H,29,31)(H,30,32). The first-order chi connectivity index (χ1) is 15.7. The summed E-state index contributed by atoms with van der Waals surface area (Å²) in [6.45, 7) is 6.03. The first kappa shape index (κ1) is 24.6. The SMILES string of the molecule is CCCCNC(=O)c1ccc(C)c(-c2c(C)[nH]c(=O)c(Br)c2OCc2ccc(F)cc2F)c1. The van der Waals surface area contributed by atoms with E-state index in [1.165, 1.54) is 6.07 Å². The number of rotatable bonds is 8. The molecule has 0 saturated heterocycles. The quantitative estimate of drug-likeness (QED) is 0.369. The van der Waals surface area contributed by atoms with Gasteiger partial charge >= 0.3 is 0 Å². The number of hydrogen-bond acceptors (Lipinski definition) is 3. The highest BCUT2D eigenvalue weighted by molar-refractivity contribution is 9.10. The average molecular weight is 519 g/mol. The highest BCUT2D eigenvalue weighted by Crippen LogP contribution is 2.38. The van der Waals surface area contributed by atoms with Crippen molar-refractivity contribution in [1.29, 1.82) is 0 Å². The molecule has 3 aromatic rings. The van der Waals surface area contributed by atoms with Gasteiger partial charge in [-0.15, -0.1) is 0 Å². The third-order valence-electron chi connectivity index (χ3n) is 5.27. The second kappa shape index (κ2) is 10.7. The molecule has 0 radical (unpaired) electrons. The Hall–Kier alpha value is -3.00. The largest absolute Gasteiger partial charge is 0.487 e. The molecule has 0 aliphatic heterocycles. The van der Waals surface area contributed by atoms with E-state index in [4.69, 9.17) is 4.74 Å². The number of hydrogen-bond donors (Lipinski definition) is 2. The molecule has 1 amide bonds. The van der Waals surface area contributed by atoms with Gasteiger partial charge in [0.1, 0.15) is 28.5 Å². The molecular formula is C25H25BrF2N2O3. The summed E-state index contributed by atoms with van der Waals surface area (Å²) in [7, 11) is 0. The summed E-state index contributed by atoms with van der Waals surface area (Å²) >= 11 is 3.28. The highest BCUT2D eigenvalue weighted by atomic mass is 79.9. The molecule has 1 heterocycles. The Labute approximate surface area is 199 Å². The maximum atomic E-state index is 14.1. The van der Waals surface area contributed by atoms with Crippen LogP contribution in [0, 0.1) is 25.5 Å². The van der Waals surface area contributed by atoms with E-state index in [1.807, 2.05) is 19.9 Å². The second-order valence-corrected chi connectivity index (χ2v) is 8.55.